The lowest BCUT2D eigenvalue weighted by Crippen LogP contribution is -2.31. The maximum atomic E-state index is 12.2. The highest BCUT2D eigenvalue weighted by Crippen LogP contribution is 2.25. The van der Waals surface area contributed by atoms with Gasteiger partial charge in [0.15, 0.2) is 6.61 Å². The number of ether oxygens (including phenoxy) is 3. The molecule has 0 heterocycles. The van der Waals surface area contributed by atoms with Crippen molar-refractivity contribution in [2.45, 2.75) is 13.0 Å². The van der Waals surface area contributed by atoms with E-state index < -0.39 is 5.97 Å². The summed E-state index contributed by atoms with van der Waals surface area (Å²) in [5.74, 6) is -0.135. The first kappa shape index (κ1) is 18.3. The fourth-order valence-corrected chi connectivity index (χ4v) is 2.28. The molecule has 0 unspecified atom stereocenters. The van der Waals surface area contributed by atoms with E-state index >= 15 is 0 Å². The fourth-order valence-electron chi connectivity index (χ4n) is 2.28. The number of carbonyl (C=O) groups is 2. The predicted molar refractivity (Wildman–Crippen MR) is 92.8 cm³/mol. The molecule has 0 spiro atoms. The van der Waals surface area contributed by atoms with Gasteiger partial charge < -0.3 is 19.5 Å². The van der Waals surface area contributed by atoms with Crippen molar-refractivity contribution in [1.82, 2.24) is 5.32 Å². The molecule has 0 aromatic heterocycles. The van der Waals surface area contributed by atoms with Gasteiger partial charge in [-0.1, -0.05) is 30.3 Å². The van der Waals surface area contributed by atoms with Gasteiger partial charge in [-0.05, 0) is 24.6 Å². The number of nitrogens with one attached hydrogen (secondary N) is 1. The van der Waals surface area contributed by atoms with Crippen molar-refractivity contribution in [3.63, 3.8) is 0 Å². The van der Waals surface area contributed by atoms with Gasteiger partial charge >= 0.3 is 5.97 Å². The monoisotopic (exact) mass is 343 g/mol. The van der Waals surface area contributed by atoms with Crippen LogP contribution in [0.2, 0.25) is 0 Å². The highest BCUT2D eigenvalue weighted by molar-refractivity contribution is 5.94. The molecule has 0 fully saturated rings. The van der Waals surface area contributed by atoms with Gasteiger partial charge in [-0.3, -0.25) is 4.79 Å². The van der Waals surface area contributed by atoms with Crippen LogP contribution >= 0.6 is 0 Å². The van der Waals surface area contributed by atoms with Crippen LogP contribution in [0.25, 0.3) is 0 Å². The van der Waals surface area contributed by atoms with Crippen molar-refractivity contribution < 1.29 is 23.8 Å². The molecule has 0 saturated heterocycles. The fraction of sp³-hybridized carbons (Fsp3) is 0.263. The van der Waals surface area contributed by atoms with Gasteiger partial charge in [0.25, 0.3) is 5.91 Å². The number of hydrogen-bond acceptors (Lipinski definition) is 5. The van der Waals surface area contributed by atoms with Crippen LogP contribution in [0.5, 0.6) is 11.5 Å². The van der Waals surface area contributed by atoms with Crippen LogP contribution in [0, 0.1) is 0 Å². The second-order valence-electron chi connectivity index (χ2n) is 5.34. The van der Waals surface area contributed by atoms with Crippen molar-refractivity contribution in [2.75, 3.05) is 20.8 Å². The molecule has 6 nitrogen and oxygen atoms in total. The molecule has 0 bridgehead atoms. The topological polar surface area (TPSA) is 73.9 Å². The van der Waals surface area contributed by atoms with E-state index in [2.05, 4.69) is 5.32 Å². The maximum absolute atomic E-state index is 12.2. The van der Waals surface area contributed by atoms with Crippen molar-refractivity contribution in [3.8, 4) is 11.5 Å². The number of hydrogen-bond donors (Lipinski definition) is 1. The molecular weight excluding hydrogens is 322 g/mol. The lowest BCUT2D eigenvalue weighted by Gasteiger charge is -2.14. The van der Waals surface area contributed by atoms with E-state index in [1.165, 1.54) is 20.3 Å². The van der Waals surface area contributed by atoms with E-state index in [4.69, 9.17) is 14.2 Å². The zero-order valence-corrected chi connectivity index (χ0v) is 14.4. The molecule has 0 saturated carbocycles. The lowest BCUT2D eigenvalue weighted by molar-refractivity contribution is -0.124. The molecule has 6 heteroatoms. The Balaban J connectivity index is 1.92. The Hall–Kier alpha value is -3.02. The summed E-state index contributed by atoms with van der Waals surface area (Å²) in [6, 6.07) is 14.1. The average molecular weight is 343 g/mol. The van der Waals surface area contributed by atoms with E-state index in [1.54, 1.807) is 12.1 Å². The molecule has 0 aliphatic rings. The minimum absolute atomic E-state index is 0.178. The summed E-state index contributed by atoms with van der Waals surface area (Å²) >= 11 is 0. The van der Waals surface area contributed by atoms with Crippen LogP contribution in [0.15, 0.2) is 48.5 Å². The minimum Gasteiger partial charge on any atom is -0.497 e. The standard InChI is InChI=1S/C19H21NO5/c1-13(14-7-5-4-6-8-14)20-18(21)12-25-19(22)16-10-9-15(23-2)11-17(16)24-3/h4-11,13H,12H2,1-3H3,(H,20,21)/t13-/m1/s1. The number of benzene rings is 2. The summed E-state index contributed by atoms with van der Waals surface area (Å²) in [6.07, 6.45) is 0. The summed E-state index contributed by atoms with van der Waals surface area (Å²) in [5.41, 5.74) is 1.20. The maximum Gasteiger partial charge on any atom is 0.342 e. The summed E-state index contributed by atoms with van der Waals surface area (Å²) < 4.78 is 15.3. The molecular formula is C19H21NO5. The third-order valence-corrected chi connectivity index (χ3v) is 3.64. The number of carbonyl (C=O) groups excluding carboxylic acids is 2. The van der Waals surface area contributed by atoms with Crippen LogP contribution < -0.4 is 14.8 Å². The van der Waals surface area contributed by atoms with Gasteiger partial charge in [-0.25, -0.2) is 4.79 Å². The molecule has 1 amide bonds. The van der Waals surface area contributed by atoms with E-state index in [0.717, 1.165) is 5.56 Å². The Labute approximate surface area is 146 Å². The van der Waals surface area contributed by atoms with Crippen LogP contribution in [0.3, 0.4) is 0 Å². The van der Waals surface area contributed by atoms with Crippen molar-refractivity contribution >= 4 is 11.9 Å². The van der Waals surface area contributed by atoms with Crippen LogP contribution in [-0.2, 0) is 9.53 Å². The molecule has 1 atom stereocenters. The van der Waals surface area contributed by atoms with Gasteiger partial charge in [0.2, 0.25) is 0 Å². The van der Waals surface area contributed by atoms with Gasteiger partial charge in [0, 0.05) is 6.07 Å². The third-order valence-electron chi connectivity index (χ3n) is 3.64. The van der Waals surface area contributed by atoms with Gasteiger partial charge in [0.1, 0.15) is 17.1 Å². The summed E-state index contributed by atoms with van der Waals surface area (Å²) in [6.45, 7) is 1.49. The molecule has 0 aliphatic carbocycles. The SMILES string of the molecule is COc1ccc(C(=O)OCC(=O)N[C@H](C)c2ccccc2)c(OC)c1. The Kier molecular flexibility index (Phi) is 6.39. The number of esters is 1. The summed E-state index contributed by atoms with van der Waals surface area (Å²) in [5, 5.41) is 2.78. The summed E-state index contributed by atoms with van der Waals surface area (Å²) in [4.78, 5) is 24.1. The lowest BCUT2D eigenvalue weighted by atomic mass is 10.1. The molecule has 0 aliphatic heterocycles. The van der Waals surface area contributed by atoms with Crippen molar-refractivity contribution in [3.05, 3.63) is 59.7 Å². The van der Waals surface area contributed by atoms with Gasteiger partial charge in [-0.15, -0.1) is 0 Å². The Morgan fingerprint density at radius 3 is 2.40 bits per heavy atom. The van der Waals surface area contributed by atoms with Crippen molar-refractivity contribution in [2.24, 2.45) is 0 Å². The molecule has 2 aromatic carbocycles. The number of rotatable bonds is 7. The number of amides is 1. The number of methoxy groups -OCH3 is 2. The van der Waals surface area contributed by atoms with Gasteiger partial charge in [-0.2, -0.15) is 0 Å². The third kappa shape index (κ3) is 4.97. The Bertz CT molecular complexity index is 730. The zero-order chi connectivity index (χ0) is 18.2. The van der Waals surface area contributed by atoms with Crippen LogP contribution in [-0.4, -0.2) is 32.7 Å². The van der Waals surface area contributed by atoms with Crippen LogP contribution in [0.1, 0.15) is 28.9 Å². The van der Waals surface area contributed by atoms with Gasteiger partial charge in [0.05, 0.1) is 20.3 Å². The highest BCUT2D eigenvalue weighted by atomic mass is 16.5. The Morgan fingerprint density at radius 2 is 1.76 bits per heavy atom. The second kappa shape index (κ2) is 8.73. The average Bonchev–Trinajstić information content (AvgIpc) is 2.66. The molecule has 1 N–H and O–H groups in total. The van der Waals surface area contributed by atoms with E-state index in [1.807, 2.05) is 37.3 Å². The van der Waals surface area contributed by atoms with E-state index in [-0.39, 0.29) is 24.1 Å². The smallest absolute Gasteiger partial charge is 0.342 e. The van der Waals surface area contributed by atoms with E-state index in [9.17, 15) is 9.59 Å². The molecule has 132 valence electrons. The normalized spacial score (nSPS) is 11.3. The first-order chi connectivity index (χ1) is 12.0. The zero-order valence-electron chi connectivity index (χ0n) is 14.4. The highest BCUT2D eigenvalue weighted by Gasteiger charge is 2.17. The first-order valence-corrected chi connectivity index (χ1v) is 7.78. The second-order valence-corrected chi connectivity index (χ2v) is 5.34. The molecule has 2 rings (SSSR count). The quantitative estimate of drug-likeness (QED) is 0.783. The largest absolute Gasteiger partial charge is 0.497 e. The Morgan fingerprint density at radius 1 is 1.04 bits per heavy atom. The van der Waals surface area contributed by atoms with E-state index in [0.29, 0.717) is 11.5 Å². The van der Waals surface area contributed by atoms with Crippen LogP contribution in [0.4, 0.5) is 0 Å². The minimum atomic E-state index is -0.637. The van der Waals surface area contributed by atoms with Crippen molar-refractivity contribution in [1.29, 1.82) is 0 Å². The molecule has 2 aromatic rings. The predicted octanol–water partition coefficient (Wildman–Crippen LogP) is 2.74. The summed E-state index contributed by atoms with van der Waals surface area (Å²) in [7, 11) is 2.96. The molecule has 25 heavy (non-hydrogen) atoms. The molecule has 0 radical (unpaired) electrons. The first-order valence-electron chi connectivity index (χ1n) is 7.78.